The van der Waals surface area contributed by atoms with Gasteiger partial charge in [-0.1, -0.05) is 103 Å². The number of aromatic nitrogens is 2. The molecule has 15 rings (SSSR count). The average molecular weight is 851 g/mol. The van der Waals surface area contributed by atoms with Crippen LogP contribution in [0.2, 0.25) is 0 Å². The maximum atomic E-state index is 16.5. The molecule has 7 nitrogen and oxygen atoms in total. The molecule has 1 unspecified atom stereocenters. The van der Waals surface area contributed by atoms with E-state index in [1.54, 1.807) is 0 Å². The lowest BCUT2D eigenvalue weighted by atomic mass is 9.79. The van der Waals surface area contributed by atoms with Gasteiger partial charge in [-0.3, -0.25) is 8.80 Å². The summed E-state index contributed by atoms with van der Waals surface area (Å²) in [6.07, 6.45) is 10.3. The van der Waals surface area contributed by atoms with Crippen molar-refractivity contribution in [2.24, 2.45) is 5.92 Å². The molecule has 2 aliphatic rings. The van der Waals surface area contributed by atoms with Gasteiger partial charge in [-0.2, -0.15) is 0 Å². The van der Waals surface area contributed by atoms with Gasteiger partial charge in [0.25, 0.3) is 0 Å². The molecule has 0 amide bonds. The molecule has 5 aromatic heterocycles. The number of fused-ring (bicyclic) bond motifs is 14. The third-order valence-corrected chi connectivity index (χ3v) is 14.2. The zero-order valence-corrected chi connectivity index (χ0v) is 35.9. The topological polar surface area (TPSA) is 78.5 Å². The number of nitrogens with zero attached hydrogens (tertiary/aromatic N) is 2. The Bertz CT molecular complexity index is 4700. The van der Waals surface area contributed by atoms with Crippen molar-refractivity contribution in [1.29, 1.82) is 0 Å². The van der Waals surface area contributed by atoms with Crippen LogP contribution in [0.4, 0.5) is 0 Å². The quantitative estimate of drug-likeness (QED) is 0.0983. The normalized spacial score (nSPS) is 15.3. The molecule has 0 fully saturated rings. The van der Waals surface area contributed by atoms with Crippen molar-refractivity contribution in [2.75, 3.05) is 0 Å². The molecule has 0 saturated carbocycles. The Morgan fingerprint density at radius 1 is 0.545 bits per heavy atom. The van der Waals surface area contributed by atoms with Crippen molar-refractivity contribution in [2.45, 2.75) is 20.8 Å². The van der Waals surface area contributed by atoms with Crippen LogP contribution in [-0.2, 0) is 0 Å². The van der Waals surface area contributed by atoms with Crippen molar-refractivity contribution < 1.29 is 17.7 Å². The van der Waals surface area contributed by atoms with Crippen LogP contribution in [0.1, 0.15) is 23.6 Å². The predicted octanol–water partition coefficient (Wildman–Crippen LogP) is 15.0. The summed E-state index contributed by atoms with van der Waals surface area (Å²) in [5.74, 6) is 6.61. The van der Waals surface area contributed by atoms with Gasteiger partial charge in [0.2, 0.25) is 0 Å². The number of allylic oxidation sites excluding steroid dienone is 8. The Morgan fingerprint density at radius 2 is 1.32 bits per heavy atom. The van der Waals surface area contributed by atoms with Crippen LogP contribution >= 0.6 is 0 Å². The highest BCUT2D eigenvalue weighted by Crippen LogP contribution is 2.49. The zero-order valence-electron chi connectivity index (χ0n) is 35.9. The van der Waals surface area contributed by atoms with E-state index < -0.39 is 0 Å². The summed E-state index contributed by atoms with van der Waals surface area (Å²) in [5, 5.41) is 7.59. The Labute approximate surface area is 374 Å². The number of furan rings is 2. The van der Waals surface area contributed by atoms with E-state index in [1.807, 2.05) is 87.7 Å². The minimum absolute atomic E-state index is 0.250. The first kappa shape index (κ1) is 35.7. The molecule has 0 N–H and O–H groups in total. The fourth-order valence-corrected chi connectivity index (χ4v) is 11.4. The highest BCUT2D eigenvalue weighted by atomic mass is 16.4. The third kappa shape index (κ3) is 4.45. The standard InChI is InChI=1S/C59H34N2O5/c1-30-12-11-14-34-23-21-32(3)49(47(30)34)41-29-35-28-40(48-31(2)20-22-33-13-5-4-6-15-36(33)48)56-53-50(35)54-55(41)65-46-27-26-45-51(39-17-8-10-19-44(39)63-45)52(46)61(54)59(62)60(53)42-25-24-38-37-16-7-9-18-43(37)64-57(38)58(42)66-56/h4-5,7-14,16-29,36H,1-3H3. The largest absolute Gasteiger partial charge is 0.456 e. The molecular formula is C59H34N2O5. The van der Waals surface area contributed by atoms with Crippen molar-refractivity contribution in [1.82, 2.24) is 8.80 Å². The number of hydrogen-bond donors (Lipinski definition) is 0. The van der Waals surface area contributed by atoms with Gasteiger partial charge >= 0.3 is 5.69 Å². The number of rotatable bonds is 2. The molecule has 0 radical (unpaired) electrons. The fraction of sp³-hybridized carbons (Fsp3) is 0.0678. The molecule has 0 bridgehead atoms. The molecule has 66 heavy (non-hydrogen) atoms. The molecule has 0 spiro atoms. The second-order valence-electron chi connectivity index (χ2n) is 17.8. The predicted molar refractivity (Wildman–Crippen MR) is 266 cm³/mol. The fourth-order valence-electron chi connectivity index (χ4n) is 11.4. The SMILES string of the molecule is CC1=C(c2cc3cc(-c4c(C)ccc5cccc(C)c45)c4oc5ccc6oc7ccccc7c6c5n5c(=O)n6c7ccc8c9ccccc9oc8c7oc2c6c3c45)C2C#CC=CC=C2C=C1. The highest BCUT2D eigenvalue weighted by Gasteiger charge is 2.32. The van der Waals surface area contributed by atoms with E-state index in [0.717, 1.165) is 98.8 Å². The van der Waals surface area contributed by atoms with Crippen LogP contribution in [0.15, 0.2) is 179 Å². The van der Waals surface area contributed by atoms with E-state index in [2.05, 4.69) is 99.4 Å². The maximum Gasteiger partial charge on any atom is 0.338 e. The minimum atomic E-state index is -0.276. The molecule has 0 aliphatic heterocycles. The minimum Gasteiger partial charge on any atom is -0.456 e. The van der Waals surface area contributed by atoms with Crippen LogP contribution < -0.4 is 5.69 Å². The van der Waals surface area contributed by atoms with E-state index in [9.17, 15) is 0 Å². The van der Waals surface area contributed by atoms with Gasteiger partial charge in [-0.15, -0.1) is 0 Å². The van der Waals surface area contributed by atoms with Crippen LogP contribution in [0.25, 0.3) is 127 Å². The zero-order chi connectivity index (χ0) is 43.7. The van der Waals surface area contributed by atoms with E-state index in [1.165, 1.54) is 0 Å². The molecule has 310 valence electrons. The van der Waals surface area contributed by atoms with Crippen LogP contribution in [0.5, 0.6) is 0 Å². The van der Waals surface area contributed by atoms with Gasteiger partial charge in [0, 0.05) is 32.7 Å². The van der Waals surface area contributed by atoms with Gasteiger partial charge in [-0.05, 0) is 125 Å². The number of para-hydroxylation sites is 2. The number of benzene rings is 8. The number of hydrogen-bond acceptors (Lipinski definition) is 5. The Balaban J connectivity index is 1.25. The summed E-state index contributed by atoms with van der Waals surface area (Å²) in [6, 6.07) is 39.2. The second kappa shape index (κ2) is 12.5. The summed E-state index contributed by atoms with van der Waals surface area (Å²) < 4.78 is 31.6. The van der Waals surface area contributed by atoms with Crippen LogP contribution in [0.3, 0.4) is 0 Å². The molecule has 13 aromatic rings. The molecule has 5 heterocycles. The van der Waals surface area contributed by atoms with Crippen molar-refractivity contribution in [3.8, 4) is 23.0 Å². The van der Waals surface area contributed by atoms with E-state index in [0.29, 0.717) is 55.6 Å². The molecule has 2 aliphatic carbocycles. The first-order valence-electron chi connectivity index (χ1n) is 22.2. The molecule has 1 atom stereocenters. The van der Waals surface area contributed by atoms with Crippen LogP contribution in [-0.4, -0.2) is 8.80 Å². The molecule has 0 saturated heterocycles. The van der Waals surface area contributed by atoms with Gasteiger partial charge < -0.3 is 17.7 Å². The van der Waals surface area contributed by atoms with Gasteiger partial charge in [0.05, 0.1) is 16.8 Å². The lowest BCUT2D eigenvalue weighted by molar-refractivity contribution is 0.623. The summed E-state index contributed by atoms with van der Waals surface area (Å²) in [5.41, 5.74) is 15.3. The second-order valence-corrected chi connectivity index (χ2v) is 17.8. The molecular weight excluding hydrogens is 817 g/mol. The lowest BCUT2D eigenvalue weighted by Crippen LogP contribution is -2.25. The first-order valence-corrected chi connectivity index (χ1v) is 22.2. The lowest BCUT2D eigenvalue weighted by Gasteiger charge is -2.26. The van der Waals surface area contributed by atoms with E-state index in [-0.39, 0.29) is 11.6 Å². The third-order valence-electron chi connectivity index (χ3n) is 14.2. The summed E-state index contributed by atoms with van der Waals surface area (Å²) in [4.78, 5) is 16.5. The van der Waals surface area contributed by atoms with E-state index in [4.69, 9.17) is 17.7 Å². The van der Waals surface area contributed by atoms with Gasteiger partial charge in [0.1, 0.15) is 33.3 Å². The number of aryl methyl sites for hydroxylation is 2. The smallest absolute Gasteiger partial charge is 0.338 e. The molecule has 7 heteroatoms. The first-order chi connectivity index (χ1) is 32.4. The Morgan fingerprint density at radius 3 is 2.21 bits per heavy atom. The Hall–Kier alpha value is -8.73. The Kier molecular flexibility index (Phi) is 6.76. The maximum absolute atomic E-state index is 16.5. The summed E-state index contributed by atoms with van der Waals surface area (Å²) in [6.45, 7) is 6.45. The van der Waals surface area contributed by atoms with Crippen molar-refractivity contribution >= 4 is 115 Å². The summed E-state index contributed by atoms with van der Waals surface area (Å²) in [7, 11) is 0. The van der Waals surface area contributed by atoms with Crippen LogP contribution in [0, 0.1) is 31.6 Å². The van der Waals surface area contributed by atoms with Crippen molar-refractivity contribution in [3.63, 3.8) is 0 Å². The van der Waals surface area contributed by atoms with Gasteiger partial charge in [-0.25, -0.2) is 4.79 Å². The average Bonchev–Trinajstić information content (AvgIpc) is 3.82. The summed E-state index contributed by atoms with van der Waals surface area (Å²) >= 11 is 0. The van der Waals surface area contributed by atoms with Gasteiger partial charge in [0.15, 0.2) is 27.9 Å². The highest BCUT2D eigenvalue weighted by molar-refractivity contribution is 6.26. The monoisotopic (exact) mass is 850 g/mol. The van der Waals surface area contributed by atoms with E-state index >= 15 is 4.79 Å². The van der Waals surface area contributed by atoms with Crippen molar-refractivity contribution in [3.05, 3.63) is 184 Å². The molecule has 8 aromatic carbocycles.